The molecule has 0 aromatic rings. The van der Waals surface area contributed by atoms with Crippen molar-refractivity contribution >= 4 is 12.1 Å². The maximum atomic E-state index is 11.6. The second-order valence-electron chi connectivity index (χ2n) is 4.56. The number of hydrogen-bond donors (Lipinski definition) is 0. The Hall–Kier alpha value is -1.26. The zero-order chi connectivity index (χ0) is 11.6. The Morgan fingerprint density at radius 1 is 1.53 bits per heavy atom. The van der Waals surface area contributed by atoms with Gasteiger partial charge in [-0.1, -0.05) is 0 Å². The summed E-state index contributed by atoms with van der Waals surface area (Å²) in [5.74, 6) is -0.358. The van der Waals surface area contributed by atoms with Crippen LogP contribution in [-0.4, -0.2) is 42.3 Å². The third-order valence-corrected chi connectivity index (χ3v) is 2.06. The van der Waals surface area contributed by atoms with Crippen molar-refractivity contribution in [3.05, 3.63) is 0 Å². The van der Waals surface area contributed by atoms with E-state index >= 15 is 0 Å². The van der Waals surface area contributed by atoms with Crippen molar-refractivity contribution in [3.63, 3.8) is 0 Å². The van der Waals surface area contributed by atoms with Crippen LogP contribution < -0.4 is 0 Å². The molecular weight excluding hydrogens is 198 g/mol. The number of ether oxygens (including phenoxy) is 2. The molecule has 1 saturated heterocycles. The molecule has 1 aliphatic heterocycles. The number of likely N-dealkylation sites (N-methyl/N-ethyl adjacent to an activating group) is 1. The monoisotopic (exact) mass is 215 g/mol. The highest BCUT2D eigenvalue weighted by molar-refractivity contribution is 5.82. The van der Waals surface area contributed by atoms with E-state index in [-0.39, 0.29) is 5.97 Å². The topological polar surface area (TPSA) is 55.8 Å². The average molecular weight is 215 g/mol. The number of rotatable bonds is 1. The van der Waals surface area contributed by atoms with E-state index in [1.54, 1.807) is 27.8 Å². The maximum absolute atomic E-state index is 11.6. The Bertz CT molecular complexity index is 269. The van der Waals surface area contributed by atoms with Crippen molar-refractivity contribution in [2.24, 2.45) is 0 Å². The van der Waals surface area contributed by atoms with E-state index in [2.05, 4.69) is 0 Å². The SMILES string of the molecule is CN(C(=O)OC(C)(C)C)C1CCOC1=O. The van der Waals surface area contributed by atoms with Crippen LogP contribution in [0.5, 0.6) is 0 Å². The van der Waals surface area contributed by atoms with Gasteiger partial charge in [0.15, 0.2) is 0 Å². The molecule has 1 amide bonds. The van der Waals surface area contributed by atoms with Crippen molar-refractivity contribution in [1.29, 1.82) is 0 Å². The zero-order valence-corrected chi connectivity index (χ0v) is 9.57. The largest absolute Gasteiger partial charge is 0.464 e. The molecule has 1 unspecified atom stereocenters. The van der Waals surface area contributed by atoms with Gasteiger partial charge in [-0.2, -0.15) is 0 Å². The van der Waals surface area contributed by atoms with E-state index in [9.17, 15) is 9.59 Å². The molecule has 1 fully saturated rings. The fraction of sp³-hybridized carbons (Fsp3) is 0.800. The maximum Gasteiger partial charge on any atom is 0.410 e. The first-order valence-electron chi connectivity index (χ1n) is 4.94. The van der Waals surface area contributed by atoms with Crippen LogP contribution in [0, 0.1) is 0 Å². The quantitative estimate of drug-likeness (QED) is 0.616. The molecule has 86 valence electrons. The third kappa shape index (κ3) is 3.11. The van der Waals surface area contributed by atoms with Gasteiger partial charge in [-0.05, 0) is 20.8 Å². The second-order valence-corrected chi connectivity index (χ2v) is 4.56. The van der Waals surface area contributed by atoms with Gasteiger partial charge in [0, 0.05) is 13.5 Å². The van der Waals surface area contributed by atoms with Crippen molar-refractivity contribution in [2.45, 2.75) is 38.8 Å². The molecule has 0 N–H and O–H groups in total. The summed E-state index contributed by atoms with van der Waals surface area (Å²) < 4.78 is 9.92. The molecule has 0 radical (unpaired) electrons. The van der Waals surface area contributed by atoms with Crippen LogP contribution >= 0.6 is 0 Å². The second kappa shape index (κ2) is 4.08. The minimum Gasteiger partial charge on any atom is -0.464 e. The molecule has 5 nitrogen and oxygen atoms in total. The van der Waals surface area contributed by atoms with E-state index < -0.39 is 17.7 Å². The number of nitrogens with zero attached hydrogens (tertiary/aromatic N) is 1. The van der Waals surface area contributed by atoms with Crippen molar-refractivity contribution < 1.29 is 19.1 Å². The van der Waals surface area contributed by atoms with Gasteiger partial charge in [0.2, 0.25) is 0 Å². The summed E-state index contributed by atoms with van der Waals surface area (Å²) in [7, 11) is 1.55. The summed E-state index contributed by atoms with van der Waals surface area (Å²) in [5.41, 5.74) is -0.548. The van der Waals surface area contributed by atoms with Gasteiger partial charge in [0.1, 0.15) is 11.6 Å². The summed E-state index contributed by atoms with van der Waals surface area (Å²) in [6.45, 7) is 5.72. The van der Waals surface area contributed by atoms with Gasteiger partial charge in [-0.3, -0.25) is 4.90 Å². The van der Waals surface area contributed by atoms with Crippen LogP contribution in [0.1, 0.15) is 27.2 Å². The summed E-state index contributed by atoms with van der Waals surface area (Å²) >= 11 is 0. The minimum absolute atomic E-state index is 0.358. The zero-order valence-electron chi connectivity index (χ0n) is 9.57. The Morgan fingerprint density at radius 3 is 2.53 bits per heavy atom. The Labute approximate surface area is 89.3 Å². The number of esters is 1. The number of hydrogen-bond acceptors (Lipinski definition) is 4. The van der Waals surface area contributed by atoms with Crippen molar-refractivity contribution in [3.8, 4) is 0 Å². The molecule has 1 rings (SSSR count). The van der Waals surface area contributed by atoms with Gasteiger partial charge < -0.3 is 9.47 Å². The van der Waals surface area contributed by atoms with Crippen LogP contribution in [-0.2, 0) is 14.3 Å². The molecule has 15 heavy (non-hydrogen) atoms. The molecular formula is C10H17NO4. The normalized spacial score (nSPS) is 21.1. The lowest BCUT2D eigenvalue weighted by molar-refractivity contribution is -0.141. The lowest BCUT2D eigenvalue weighted by Crippen LogP contribution is -2.42. The predicted molar refractivity (Wildman–Crippen MR) is 53.4 cm³/mol. The number of amides is 1. The Kier molecular flexibility index (Phi) is 3.21. The number of carbonyl (C=O) groups is 2. The van der Waals surface area contributed by atoms with Gasteiger partial charge >= 0.3 is 12.1 Å². The summed E-state index contributed by atoms with van der Waals surface area (Å²) in [5, 5.41) is 0. The first-order valence-corrected chi connectivity index (χ1v) is 4.94. The van der Waals surface area contributed by atoms with Crippen molar-refractivity contribution in [1.82, 2.24) is 4.90 Å². The highest BCUT2D eigenvalue weighted by Crippen LogP contribution is 2.16. The predicted octanol–water partition coefficient (Wildman–Crippen LogP) is 1.17. The van der Waals surface area contributed by atoms with E-state index in [1.165, 1.54) is 4.90 Å². The summed E-state index contributed by atoms with van der Waals surface area (Å²) in [4.78, 5) is 24.1. The smallest absolute Gasteiger partial charge is 0.410 e. The first kappa shape index (κ1) is 11.8. The van der Waals surface area contributed by atoms with E-state index in [0.717, 1.165) is 0 Å². The Morgan fingerprint density at radius 2 is 2.13 bits per heavy atom. The molecule has 0 bridgehead atoms. The summed E-state index contributed by atoms with van der Waals surface area (Å²) in [6, 6.07) is -0.500. The molecule has 1 aliphatic rings. The van der Waals surface area contributed by atoms with Crippen LogP contribution in [0.4, 0.5) is 4.79 Å². The van der Waals surface area contributed by atoms with Crippen molar-refractivity contribution in [2.75, 3.05) is 13.7 Å². The standard InChI is InChI=1S/C10H17NO4/c1-10(2,3)15-9(13)11(4)7-5-6-14-8(7)12/h7H,5-6H2,1-4H3. The van der Waals surface area contributed by atoms with Gasteiger partial charge in [0.25, 0.3) is 0 Å². The van der Waals surface area contributed by atoms with E-state index in [4.69, 9.17) is 9.47 Å². The fourth-order valence-corrected chi connectivity index (χ4v) is 1.30. The summed E-state index contributed by atoms with van der Waals surface area (Å²) in [6.07, 6.45) is 0.0422. The molecule has 5 heteroatoms. The van der Waals surface area contributed by atoms with E-state index in [1.807, 2.05) is 0 Å². The third-order valence-electron chi connectivity index (χ3n) is 2.06. The van der Waals surface area contributed by atoms with Gasteiger partial charge in [-0.15, -0.1) is 0 Å². The van der Waals surface area contributed by atoms with Crippen LogP contribution in [0.25, 0.3) is 0 Å². The van der Waals surface area contributed by atoms with Gasteiger partial charge in [-0.25, -0.2) is 9.59 Å². The van der Waals surface area contributed by atoms with Crippen LogP contribution in [0.2, 0.25) is 0 Å². The van der Waals surface area contributed by atoms with Crippen LogP contribution in [0.3, 0.4) is 0 Å². The van der Waals surface area contributed by atoms with E-state index in [0.29, 0.717) is 13.0 Å². The highest BCUT2D eigenvalue weighted by Gasteiger charge is 2.34. The van der Waals surface area contributed by atoms with Crippen LogP contribution in [0.15, 0.2) is 0 Å². The Balaban J connectivity index is 2.56. The lowest BCUT2D eigenvalue weighted by atomic mass is 10.2. The molecule has 0 spiro atoms. The average Bonchev–Trinajstić information content (AvgIpc) is 2.47. The molecule has 0 aromatic carbocycles. The highest BCUT2D eigenvalue weighted by atomic mass is 16.6. The molecule has 0 aliphatic carbocycles. The number of carbonyl (C=O) groups excluding carboxylic acids is 2. The molecule has 0 saturated carbocycles. The number of cyclic esters (lactones) is 1. The first-order chi connectivity index (χ1) is 6.81. The molecule has 1 atom stereocenters. The van der Waals surface area contributed by atoms with Gasteiger partial charge in [0.05, 0.1) is 6.61 Å². The molecule has 0 aromatic heterocycles. The minimum atomic E-state index is -0.548. The molecule has 1 heterocycles. The lowest BCUT2D eigenvalue weighted by Gasteiger charge is -2.26. The fourth-order valence-electron chi connectivity index (χ4n) is 1.30.